The lowest BCUT2D eigenvalue weighted by Crippen LogP contribution is -2.44. The number of carbonyl (C=O) groups excluding carboxylic acids is 2. The van der Waals surface area contributed by atoms with Gasteiger partial charge in [0, 0.05) is 18.2 Å². The predicted octanol–water partition coefficient (Wildman–Crippen LogP) is 0.132. The molecule has 16 nitrogen and oxygen atoms in total. The molecule has 3 rings (SSSR count). The zero-order chi connectivity index (χ0) is 28.9. The Morgan fingerprint density at radius 2 is 2.13 bits per heavy atom. The molecule has 1 aliphatic rings. The summed E-state index contributed by atoms with van der Waals surface area (Å²) in [6.07, 6.45) is -2.26. The van der Waals surface area contributed by atoms with E-state index in [-0.39, 0.29) is 42.8 Å². The molecule has 1 aromatic heterocycles. The van der Waals surface area contributed by atoms with Gasteiger partial charge < -0.3 is 25.7 Å². The Bertz CT molecular complexity index is 1370. The average Bonchev–Trinajstić information content (AvgIpc) is 3.21. The van der Waals surface area contributed by atoms with Gasteiger partial charge in [-0.05, 0) is 31.9 Å². The van der Waals surface area contributed by atoms with Gasteiger partial charge >= 0.3 is 5.69 Å². The molecule has 210 valence electrons. The number of aromatic nitrogens is 2. The van der Waals surface area contributed by atoms with Crippen molar-refractivity contribution in [3.05, 3.63) is 56.4 Å². The number of nitro benzene ring substituents is 1. The molecule has 0 radical (unpaired) electrons. The first-order chi connectivity index (χ1) is 18.4. The third kappa shape index (κ3) is 6.58. The van der Waals surface area contributed by atoms with Gasteiger partial charge in [0.05, 0.1) is 23.4 Å². The molecule has 0 bridgehead atoms. The highest BCUT2D eigenvalue weighted by Crippen LogP contribution is 2.33. The highest BCUT2D eigenvalue weighted by atomic mass is 19.1. The zero-order valence-electron chi connectivity index (χ0n) is 20.9. The summed E-state index contributed by atoms with van der Waals surface area (Å²) in [5.74, 6) is 1.90. The number of aliphatic hydroxyl groups excluding tert-OH is 1. The molecular weight excluding hydrogens is 523 g/mol. The number of anilines is 2. The monoisotopic (exact) mass is 550 g/mol. The van der Waals surface area contributed by atoms with E-state index < -0.39 is 57.7 Å². The lowest BCUT2D eigenvalue weighted by atomic mass is 9.96. The maximum Gasteiger partial charge on any atom is 0.351 e. The fraction of sp³-hybridized carbons (Fsp3) is 0.409. The van der Waals surface area contributed by atoms with Gasteiger partial charge in [0.2, 0.25) is 5.91 Å². The summed E-state index contributed by atoms with van der Waals surface area (Å²) in [5.41, 5.74) is 1.50. The molecule has 2 unspecified atom stereocenters. The number of nitro groups is 1. The summed E-state index contributed by atoms with van der Waals surface area (Å²) in [5, 5.41) is 37.8. The molecule has 17 heteroatoms. The maximum absolute atomic E-state index is 14.6. The molecule has 1 aliphatic heterocycles. The molecule has 39 heavy (non-hydrogen) atoms. The van der Waals surface area contributed by atoms with Crippen LogP contribution in [0.5, 0.6) is 0 Å². The summed E-state index contributed by atoms with van der Waals surface area (Å²) in [4.78, 5) is 51.0. The number of ether oxygens (including phenoxy) is 1. The maximum atomic E-state index is 14.6. The number of carbonyl (C=O) groups is 2. The number of hydrazine groups is 1. The standard InChI is InChI=1S/C22H27FN8O8/c1-3-22(36)10-39-20(17(22)33)30-9-14(23)18(26-21(30)35)25-16(32)7-4-11(2)28-29-19(34)13-6-5-12(27-24)8-15(13)31(37)38/h5-6,8-9,17,20,27,33,36H,3-4,7,10,24H2,1-2H3,(H,29,34)(H,25,26,32,35)/b28-11+/t17?,20-,22?/m1/s1. The number of hydrogen-bond acceptors (Lipinski definition) is 12. The second kappa shape index (κ2) is 12.0. The van der Waals surface area contributed by atoms with Crippen molar-refractivity contribution in [2.75, 3.05) is 17.3 Å². The van der Waals surface area contributed by atoms with E-state index in [1.807, 2.05) is 0 Å². The van der Waals surface area contributed by atoms with Crippen LogP contribution in [0.1, 0.15) is 49.7 Å². The topological polar surface area (TPSA) is 236 Å². The summed E-state index contributed by atoms with van der Waals surface area (Å²) in [6.45, 7) is 2.83. The fourth-order valence-corrected chi connectivity index (χ4v) is 3.65. The third-order valence-corrected chi connectivity index (χ3v) is 6.04. The molecular formula is C22H27FN8O8. The van der Waals surface area contributed by atoms with E-state index in [1.54, 1.807) is 6.92 Å². The minimum atomic E-state index is -1.60. The quantitative estimate of drug-likeness (QED) is 0.101. The zero-order valence-corrected chi connectivity index (χ0v) is 20.9. The Balaban J connectivity index is 1.59. The molecule has 0 aliphatic carbocycles. The van der Waals surface area contributed by atoms with Crippen molar-refractivity contribution in [3.8, 4) is 0 Å². The van der Waals surface area contributed by atoms with Crippen molar-refractivity contribution in [2.45, 2.75) is 51.0 Å². The second-order valence-corrected chi connectivity index (χ2v) is 8.70. The Hall–Kier alpha value is -4.32. The van der Waals surface area contributed by atoms with Crippen LogP contribution in [0.3, 0.4) is 0 Å². The summed E-state index contributed by atoms with van der Waals surface area (Å²) in [6, 6.07) is 3.64. The van der Waals surface area contributed by atoms with E-state index in [9.17, 15) is 39.1 Å². The summed E-state index contributed by atoms with van der Waals surface area (Å²) in [7, 11) is 0. The van der Waals surface area contributed by atoms with E-state index in [4.69, 9.17) is 10.6 Å². The number of nitrogen functional groups attached to an aromatic ring is 1. The van der Waals surface area contributed by atoms with Crippen LogP contribution in [-0.2, 0) is 9.53 Å². The van der Waals surface area contributed by atoms with Gasteiger partial charge in [-0.25, -0.2) is 14.6 Å². The van der Waals surface area contributed by atoms with E-state index in [2.05, 4.69) is 26.3 Å². The number of nitrogens with zero attached hydrogens (tertiary/aromatic N) is 4. The van der Waals surface area contributed by atoms with Gasteiger partial charge in [-0.2, -0.15) is 10.1 Å². The van der Waals surface area contributed by atoms with E-state index in [1.165, 1.54) is 19.1 Å². The number of amides is 2. The van der Waals surface area contributed by atoms with Gasteiger partial charge in [-0.15, -0.1) is 0 Å². The van der Waals surface area contributed by atoms with Crippen molar-refractivity contribution in [3.63, 3.8) is 0 Å². The van der Waals surface area contributed by atoms with Crippen LogP contribution in [-0.4, -0.2) is 60.5 Å². The lowest BCUT2D eigenvalue weighted by Gasteiger charge is -2.25. The molecule has 2 heterocycles. The Morgan fingerprint density at radius 1 is 1.41 bits per heavy atom. The largest absolute Gasteiger partial charge is 0.385 e. The van der Waals surface area contributed by atoms with E-state index >= 15 is 0 Å². The highest BCUT2D eigenvalue weighted by molar-refractivity contribution is 5.99. The normalized spacial score (nSPS) is 20.9. The number of benzene rings is 1. The second-order valence-electron chi connectivity index (χ2n) is 8.70. The summed E-state index contributed by atoms with van der Waals surface area (Å²) >= 11 is 0. The smallest absolute Gasteiger partial charge is 0.351 e. The van der Waals surface area contributed by atoms with Gasteiger partial charge in [-0.3, -0.25) is 30.1 Å². The van der Waals surface area contributed by atoms with Gasteiger partial charge in [-0.1, -0.05) is 6.92 Å². The number of nitrogens with one attached hydrogen (secondary N) is 3. The van der Waals surface area contributed by atoms with Gasteiger partial charge in [0.1, 0.15) is 17.3 Å². The van der Waals surface area contributed by atoms with Crippen molar-refractivity contribution >= 4 is 34.7 Å². The van der Waals surface area contributed by atoms with Crippen molar-refractivity contribution in [1.29, 1.82) is 0 Å². The molecule has 0 spiro atoms. The molecule has 3 atom stereocenters. The fourth-order valence-electron chi connectivity index (χ4n) is 3.65. The number of hydrazone groups is 1. The van der Waals surface area contributed by atoms with Crippen LogP contribution in [0.15, 0.2) is 34.3 Å². The molecule has 1 fully saturated rings. The van der Waals surface area contributed by atoms with Crippen LogP contribution in [0.2, 0.25) is 0 Å². The Kier molecular flexibility index (Phi) is 9.02. The van der Waals surface area contributed by atoms with Crippen LogP contribution in [0.4, 0.5) is 21.6 Å². The van der Waals surface area contributed by atoms with Crippen LogP contribution in [0, 0.1) is 15.9 Å². The van der Waals surface area contributed by atoms with Crippen LogP contribution < -0.4 is 27.7 Å². The molecule has 1 aromatic carbocycles. The number of aliphatic hydroxyl groups is 2. The van der Waals surface area contributed by atoms with Crippen LogP contribution in [0.25, 0.3) is 0 Å². The number of hydrogen-bond donors (Lipinski definition) is 6. The number of halogens is 1. The highest BCUT2D eigenvalue weighted by Gasteiger charge is 2.48. The van der Waals surface area contributed by atoms with Crippen molar-refractivity contribution in [1.82, 2.24) is 15.0 Å². The SMILES string of the molecule is CCC1(O)CO[C@@H](n2cc(F)c(NC(=O)CC/C(C)=N/NC(=O)c3ccc(NN)cc3[N+](=O)[O-])nc2=O)C1O. The molecule has 7 N–H and O–H groups in total. The van der Waals surface area contributed by atoms with Gasteiger partial charge in [0.15, 0.2) is 17.9 Å². The molecule has 1 saturated heterocycles. The summed E-state index contributed by atoms with van der Waals surface area (Å²) < 4.78 is 20.5. The van der Waals surface area contributed by atoms with Crippen molar-refractivity contribution in [2.24, 2.45) is 10.9 Å². The average molecular weight is 551 g/mol. The van der Waals surface area contributed by atoms with E-state index in [0.29, 0.717) is 10.8 Å². The first kappa shape index (κ1) is 29.2. The Morgan fingerprint density at radius 3 is 2.74 bits per heavy atom. The van der Waals surface area contributed by atoms with Gasteiger partial charge in [0.25, 0.3) is 11.6 Å². The van der Waals surface area contributed by atoms with E-state index in [0.717, 1.165) is 6.07 Å². The third-order valence-electron chi connectivity index (χ3n) is 6.04. The first-order valence-electron chi connectivity index (χ1n) is 11.6. The number of rotatable bonds is 10. The predicted molar refractivity (Wildman–Crippen MR) is 134 cm³/mol. The van der Waals surface area contributed by atoms with Crippen molar-refractivity contribution < 1.29 is 33.9 Å². The Labute approximate surface area is 219 Å². The minimum Gasteiger partial charge on any atom is -0.385 e. The first-order valence-corrected chi connectivity index (χ1v) is 11.6. The minimum absolute atomic E-state index is 0.000625. The number of nitrogens with two attached hydrogens (primary N) is 1. The lowest BCUT2D eigenvalue weighted by molar-refractivity contribution is -0.385. The molecule has 2 amide bonds. The molecule has 2 aromatic rings. The molecule has 0 saturated carbocycles. The van der Waals surface area contributed by atoms with Crippen LogP contribution >= 0.6 is 0 Å².